The van der Waals surface area contributed by atoms with Crippen LogP contribution in [0.5, 0.6) is 0 Å². The first kappa shape index (κ1) is 12.8. The maximum absolute atomic E-state index is 12.3. The van der Waals surface area contributed by atoms with Gasteiger partial charge in [-0.15, -0.1) is 0 Å². The predicted molar refractivity (Wildman–Crippen MR) is 76.6 cm³/mol. The summed E-state index contributed by atoms with van der Waals surface area (Å²) >= 11 is 0. The maximum atomic E-state index is 12.3. The molecule has 20 heavy (non-hydrogen) atoms. The Morgan fingerprint density at radius 2 is 2.10 bits per heavy atom. The molecule has 0 aliphatic heterocycles. The minimum atomic E-state index is -0.0483. The fourth-order valence-corrected chi connectivity index (χ4v) is 2.70. The molecule has 2 aromatic rings. The van der Waals surface area contributed by atoms with Gasteiger partial charge in [-0.25, -0.2) is 0 Å². The van der Waals surface area contributed by atoms with Crippen LogP contribution in [0.3, 0.4) is 0 Å². The molecule has 1 aliphatic rings. The average molecular weight is 267 g/mol. The van der Waals surface area contributed by atoms with E-state index in [-0.39, 0.29) is 11.9 Å². The molecule has 0 radical (unpaired) electrons. The largest absolute Gasteiger partial charge is 0.349 e. The number of carbonyl (C=O) groups excluding carboxylic acids is 1. The van der Waals surface area contributed by atoms with E-state index in [2.05, 4.69) is 21.4 Å². The van der Waals surface area contributed by atoms with E-state index >= 15 is 0 Å². The summed E-state index contributed by atoms with van der Waals surface area (Å²) in [6.45, 7) is 3.79. The second kappa shape index (κ2) is 5.04. The normalized spacial score (nSPS) is 16.8. The van der Waals surface area contributed by atoms with Crippen LogP contribution in [0.25, 0.3) is 0 Å². The predicted octanol–water partition coefficient (Wildman–Crippen LogP) is 1.99. The summed E-state index contributed by atoms with van der Waals surface area (Å²) in [6, 6.07) is 7.86. The van der Waals surface area contributed by atoms with Gasteiger partial charge in [-0.3, -0.25) is 14.8 Å². The van der Waals surface area contributed by atoms with Crippen LogP contribution in [0.1, 0.15) is 33.0 Å². The monoisotopic (exact) mass is 267 g/mol. The quantitative estimate of drug-likeness (QED) is 0.905. The molecular formula is C16H17N3O. The van der Waals surface area contributed by atoms with Gasteiger partial charge in [-0.2, -0.15) is 0 Å². The molecule has 1 aliphatic carbocycles. The molecule has 1 atom stereocenters. The molecule has 4 nitrogen and oxygen atoms in total. The van der Waals surface area contributed by atoms with Crippen molar-refractivity contribution in [2.75, 3.05) is 0 Å². The first-order valence-electron chi connectivity index (χ1n) is 6.81. The Hall–Kier alpha value is -2.23. The summed E-state index contributed by atoms with van der Waals surface area (Å²) in [5, 5.41) is 3.08. The Morgan fingerprint density at radius 3 is 2.85 bits per heavy atom. The van der Waals surface area contributed by atoms with Crippen molar-refractivity contribution < 1.29 is 4.79 Å². The highest BCUT2D eigenvalue weighted by Crippen LogP contribution is 2.20. The Balaban J connectivity index is 1.72. The number of hydrogen-bond donors (Lipinski definition) is 1. The van der Waals surface area contributed by atoms with Crippen molar-refractivity contribution in [2.45, 2.75) is 32.7 Å². The SMILES string of the molecule is Cc1ccc(C(=O)NC2Cc3cccnc3C2)c(C)n1. The van der Waals surface area contributed by atoms with Crippen molar-refractivity contribution in [3.63, 3.8) is 0 Å². The molecular weight excluding hydrogens is 250 g/mol. The third-order valence-corrected chi connectivity index (χ3v) is 3.70. The van der Waals surface area contributed by atoms with E-state index in [4.69, 9.17) is 0 Å². The highest BCUT2D eigenvalue weighted by molar-refractivity contribution is 5.95. The van der Waals surface area contributed by atoms with Crippen LogP contribution in [0.15, 0.2) is 30.5 Å². The van der Waals surface area contributed by atoms with Crippen molar-refractivity contribution >= 4 is 5.91 Å². The molecule has 1 unspecified atom stereocenters. The standard InChI is InChI=1S/C16H17N3O/c1-10-5-6-14(11(2)18-10)16(20)19-13-8-12-4-3-7-17-15(12)9-13/h3-7,13H,8-9H2,1-2H3,(H,19,20). The Kier molecular flexibility index (Phi) is 3.22. The lowest BCUT2D eigenvalue weighted by molar-refractivity contribution is 0.0937. The maximum Gasteiger partial charge on any atom is 0.253 e. The van der Waals surface area contributed by atoms with E-state index in [1.54, 1.807) is 6.20 Å². The number of nitrogens with one attached hydrogen (secondary N) is 1. The molecule has 0 saturated carbocycles. The lowest BCUT2D eigenvalue weighted by Crippen LogP contribution is -2.35. The van der Waals surface area contributed by atoms with E-state index in [1.807, 2.05) is 32.0 Å². The van der Waals surface area contributed by atoms with Gasteiger partial charge in [0.05, 0.1) is 11.3 Å². The molecule has 1 N–H and O–H groups in total. The lowest BCUT2D eigenvalue weighted by Gasteiger charge is -2.13. The van der Waals surface area contributed by atoms with Crippen molar-refractivity contribution in [3.05, 3.63) is 58.7 Å². The molecule has 0 bridgehead atoms. The minimum Gasteiger partial charge on any atom is -0.349 e. The number of amides is 1. The molecule has 0 spiro atoms. The van der Waals surface area contributed by atoms with Gasteiger partial charge in [0.2, 0.25) is 0 Å². The third kappa shape index (κ3) is 2.41. The van der Waals surface area contributed by atoms with E-state index in [0.29, 0.717) is 5.56 Å². The van der Waals surface area contributed by atoms with Crippen LogP contribution in [-0.2, 0) is 12.8 Å². The van der Waals surface area contributed by atoms with Gasteiger partial charge in [0.15, 0.2) is 0 Å². The fraction of sp³-hybridized carbons (Fsp3) is 0.312. The van der Waals surface area contributed by atoms with Crippen LogP contribution in [0.2, 0.25) is 0 Å². The Morgan fingerprint density at radius 1 is 1.25 bits per heavy atom. The van der Waals surface area contributed by atoms with Crippen molar-refractivity contribution in [1.29, 1.82) is 0 Å². The minimum absolute atomic E-state index is 0.0483. The molecule has 1 amide bonds. The summed E-state index contributed by atoms with van der Waals surface area (Å²) in [7, 11) is 0. The zero-order chi connectivity index (χ0) is 14.1. The van der Waals surface area contributed by atoms with Crippen molar-refractivity contribution in [2.24, 2.45) is 0 Å². The Bertz CT molecular complexity index is 642. The Labute approximate surface area is 118 Å². The molecule has 2 heterocycles. The fourth-order valence-electron chi connectivity index (χ4n) is 2.70. The topological polar surface area (TPSA) is 54.9 Å². The highest BCUT2D eigenvalue weighted by Gasteiger charge is 2.24. The van der Waals surface area contributed by atoms with Gasteiger partial charge in [-0.1, -0.05) is 6.07 Å². The van der Waals surface area contributed by atoms with Crippen molar-refractivity contribution in [1.82, 2.24) is 15.3 Å². The van der Waals surface area contributed by atoms with Crippen molar-refractivity contribution in [3.8, 4) is 0 Å². The highest BCUT2D eigenvalue weighted by atomic mass is 16.1. The zero-order valence-electron chi connectivity index (χ0n) is 11.7. The molecule has 4 heteroatoms. The summed E-state index contributed by atoms with van der Waals surface area (Å²) < 4.78 is 0. The number of rotatable bonds is 2. The smallest absolute Gasteiger partial charge is 0.253 e. The van der Waals surface area contributed by atoms with Gasteiger partial charge in [0.1, 0.15) is 0 Å². The van der Waals surface area contributed by atoms with Crippen LogP contribution in [0, 0.1) is 13.8 Å². The van der Waals surface area contributed by atoms with Crippen LogP contribution in [0.4, 0.5) is 0 Å². The molecule has 0 saturated heterocycles. The summed E-state index contributed by atoms with van der Waals surface area (Å²) in [5.74, 6) is -0.0483. The number of nitrogens with zero attached hydrogens (tertiary/aromatic N) is 2. The first-order valence-corrected chi connectivity index (χ1v) is 6.81. The van der Waals surface area contributed by atoms with Crippen LogP contribution in [-0.4, -0.2) is 21.9 Å². The molecule has 3 rings (SSSR count). The molecule has 102 valence electrons. The summed E-state index contributed by atoms with van der Waals surface area (Å²) in [5.41, 5.74) is 4.68. The third-order valence-electron chi connectivity index (χ3n) is 3.70. The number of fused-ring (bicyclic) bond motifs is 1. The van der Waals surface area contributed by atoms with Gasteiger partial charge in [0, 0.05) is 30.0 Å². The van der Waals surface area contributed by atoms with Gasteiger partial charge >= 0.3 is 0 Å². The number of hydrogen-bond acceptors (Lipinski definition) is 3. The van der Waals surface area contributed by atoms with E-state index in [1.165, 1.54) is 5.56 Å². The van der Waals surface area contributed by atoms with E-state index in [0.717, 1.165) is 29.9 Å². The second-order valence-corrected chi connectivity index (χ2v) is 5.27. The van der Waals surface area contributed by atoms with Gasteiger partial charge in [0.25, 0.3) is 5.91 Å². The van der Waals surface area contributed by atoms with Gasteiger partial charge < -0.3 is 5.32 Å². The number of pyridine rings is 2. The number of aromatic nitrogens is 2. The first-order chi connectivity index (χ1) is 9.63. The van der Waals surface area contributed by atoms with E-state index < -0.39 is 0 Å². The summed E-state index contributed by atoms with van der Waals surface area (Å²) in [6.07, 6.45) is 3.46. The average Bonchev–Trinajstić information content (AvgIpc) is 2.80. The van der Waals surface area contributed by atoms with E-state index in [9.17, 15) is 4.79 Å². The van der Waals surface area contributed by atoms with Crippen LogP contribution >= 0.6 is 0 Å². The lowest BCUT2D eigenvalue weighted by atomic mass is 10.1. The zero-order valence-corrected chi connectivity index (χ0v) is 11.7. The molecule has 0 aromatic carbocycles. The number of carbonyl (C=O) groups is 1. The molecule has 0 fully saturated rings. The second-order valence-electron chi connectivity index (χ2n) is 5.27. The van der Waals surface area contributed by atoms with Gasteiger partial charge in [-0.05, 0) is 44.0 Å². The molecule has 2 aromatic heterocycles. The number of aryl methyl sites for hydroxylation is 2. The summed E-state index contributed by atoms with van der Waals surface area (Å²) in [4.78, 5) is 21.0. The van der Waals surface area contributed by atoms with Crippen LogP contribution < -0.4 is 5.32 Å².